The molecule has 0 bridgehead atoms. The molecular formula is C16H21FO2. The van der Waals surface area contributed by atoms with Crippen LogP contribution in [0.2, 0.25) is 0 Å². The van der Waals surface area contributed by atoms with E-state index in [2.05, 4.69) is 0 Å². The minimum Gasteiger partial charge on any atom is -0.490 e. The number of aliphatic hydroxyl groups is 1. The van der Waals surface area contributed by atoms with Crippen LogP contribution in [-0.4, -0.2) is 17.8 Å². The topological polar surface area (TPSA) is 29.5 Å². The quantitative estimate of drug-likeness (QED) is 0.906. The average molecular weight is 264 g/mol. The van der Waals surface area contributed by atoms with E-state index < -0.39 is 0 Å². The van der Waals surface area contributed by atoms with Crippen molar-refractivity contribution in [2.75, 3.05) is 6.61 Å². The van der Waals surface area contributed by atoms with Crippen LogP contribution in [0.25, 0.3) is 0 Å². The SMILES string of the molecule is OCC1(CC2Cc3cc(F)ccc3O2)CCCCC1. The average Bonchev–Trinajstić information content (AvgIpc) is 2.81. The van der Waals surface area contributed by atoms with Gasteiger partial charge in [0.25, 0.3) is 0 Å². The van der Waals surface area contributed by atoms with E-state index in [0.29, 0.717) is 0 Å². The summed E-state index contributed by atoms with van der Waals surface area (Å²) in [6, 6.07) is 4.74. The Bertz CT molecular complexity index is 452. The van der Waals surface area contributed by atoms with E-state index in [0.717, 1.165) is 37.0 Å². The Balaban J connectivity index is 1.69. The van der Waals surface area contributed by atoms with Crippen LogP contribution >= 0.6 is 0 Å². The van der Waals surface area contributed by atoms with Gasteiger partial charge in [0.05, 0.1) is 0 Å². The Morgan fingerprint density at radius 1 is 1.26 bits per heavy atom. The van der Waals surface area contributed by atoms with Gasteiger partial charge >= 0.3 is 0 Å². The van der Waals surface area contributed by atoms with Crippen molar-refractivity contribution in [2.24, 2.45) is 5.41 Å². The van der Waals surface area contributed by atoms with Crippen LogP contribution in [0.4, 0.5) is 4.39 Å². The molecule has 2 aliphatic rings. The van der Waals surface area contributed by atoms with Gasteiger partial charge in [0, 0.05) is 18.6 Å². The highest BCUT2D eigenvalue weighted by Gasteiger charge is 2.36. The van der Waals surface area contributed by atoms with Crippen LogP contribution in [0.3, 0.4) is 0 Å². The van der Waals surface area contributed by atoms with Gasteiger partial charge in [-0.2, -0.15) is 0 Å². The van der Waals surface area contributed by atoms with Crippen LogP contribution < -0.4 is 4.74 Å². The summed E-state index contributed by atoms with van der Waals surface area (Å²) in [5, 5.41) is 9.75. The van der Waals surface area contributed by atoms with Crippen molar-refractivity contribution in [3.63, 3.8) is 0 Å². The Morgan fingerprint density at radius 2 is 2.05 bits per heavy atom. The highest BCUT2D eigenvalue weighted by molar-refractivity contribution is 5.37. The Hall–Kier alpha value is -1.09. The maximum Gasteiger partial charge on any atom is 0.123 e. The molecule has 1 atom stereocenters. The second-order valence-electron chi connectivity index (χ2n) is 6.12. The van der Waals surface area contributed by atoms with E-state index in [9.17, 15) is 9.50 Å². The highest BCUT2D eigenvalue weighted by Crippen LogP contribution is 2.42. The summed E-state index contributed by atoms with van der Waals surface area (Å²) >= 11 is 0. The van der Waals surface area contributed by atoms with Gasteiger partial charge in [0.2, 0.25) is 0 Å². The zero-order valence-corrected chi connectivity index (χ0v) is 11.2. The van der Waals surface area contributed by atoms with Gasteiger partial charge in [0.1, 0.15) is 17.7 Å². The molecule has 0 spiro atoms. The first kappa shape index (κ1) is 12.9. The van der Waals surface area contributed by atoms with Crippen molar-refractivity contribution >= 4 is 0 Å². The molecule has 1 unspecified atom stereocenters. The predicted octanol–water partition coefficient (Wildman–Crippen LogP) is 3.46. The summed E-state index contributed by atoms with van der Waals surface area (Å²) in [5.41, 5.74) is 0.998. The number of ether oxygens (including phenoxy) is 1. The van der Waals surface area contributed by atoms with E-state index in [4.69, 9.17) is 4.74 Å². The van der Waals surface area contributed by atoms with Crippen molar-refractivity contribution < 1.29 is 14.2 Å². The Kier molecular flexibility index (Phi) is 3.48. The largest absolute Gasteiger partial charge is 0.490 e. The molecule has 1 N–H and O–H groups in total. The number of rotatable bonds is 3. The fourth-order valence-electron chi connectivity index (χ4n) is 3.61. The molecular weight excluding hydrogens is 243 g/mol. The standard InChI is InChI=1S/C16H21FO2/c17-13-4-5-15-12(8-13)9-14(19-15)10-16(11-18)6-2-1-3-7-16/h4-5,8,14,18H,1-3,6-7,9-11H2. The molecule has 3 rings (SSSR count). The van der Waals surface area contributed by atoms with Crippen molar-refractivity contribution in [1.82, 2.24) is 0 Å². The molecule has 1 aromatic carbocycles. The Morgan fingerprint density at radius 3 is 2.79 bits per heavy atom. The van der Waals surface area contributed by atoms with Gasteiger partial charge in [-0.1, -0.05) is 19.3 Å². The molecule has 3 heteroatoms. The molecule has 0 saturated heterocycles. The van der Waals surface area contributed by atoms with Crippen molar-refractivity contribution in [3.05, 3.63) is 29.6 Å². The highest BCUT2D eigenvalue weighted by atomic mass is 19.1. The van der Waals surface area contributed by atoms with Crippen molar-refractivity contribution in [3.8, 4) is 5.75 Å². The van der Waals surface area contributed by atoms with Crippen molar-refractivity contribution in [2.45, 2.75) is 51.0 Å². The summed E-state index contributed by atoms with van der Waals surface area (Å²) in [4.78, 5) is 0. The third kappa shape index (κ3) is 2.62. The summed E-state index contributed by atoms with van der Waals surface area (Å²) < 4.78 is 19.1. The molecule has 1 aliphatic carbocycles. The fourth-order valence-corrected chi connectivity index (χ4v) is 3.61. The minimum absolute atomic E-state index is 0.0313. The molecule has 0 radical (unpaired) electrons. The van der Waals surface area contributed by atoms with Gasteiger partial charge in [-0.25, -0.2) is 4.39 Å². The number of aliphatic hydroxyl groups excluding tert-OH is 1. The monoisotopic (exact) mass is 264 g/mol. The van der Waals surface area contributed by atoms with Gasteiger partial charge in [0.15, 0.2) is 0 Å². The van der Waals surface area contributed by atoms with E-state index in [-0.39, 0.29) is 23.9 Å². The number of halogens is 1. The second kappa shape index (κ2) is 5.12. The van der Waals surface area contributed by atoms with Gasteiger partial charge < -0.3 is 9.84 Å². The third-order valence-corrected chi connectivity index (χ3v) is 4.67. The van der Waals surface area contributed by atoms with E-state index in [1.165, 1.54) is 25.3 Å². The smallest absolute Gasteiger partial charge is 0.123 e. The molecule has 0 aromatic heterocycles. The molecule has 0 amide bonds. The van der Waals surface area contributed by atoms with E-state index >= 15 is 0 Å². The number of hydrogen-bond acceptors (Lipinski definition) is 2. The molecule has 1 aromatic rings. The molecule has 2 nitrogen and oxygen atoms in total. The summed E-state index contributed by atoms with van der Waals surface area (Å²) in [6.07, 6.45) is 7.63. The summed E-state index contributed by atoms with van der Waals surface area (Å²) in [6.45, 7) is 0.248. The lowest BCUT2D eigenvalue weighted by Crippen LogP contribution is -2.34. The van der Waals surface area contributed by atoms with Crippen LogP contribution in [0.5, 0.6) is 5.75 Å². The second-order valence-corrected chi connectivity index (χ2v) is 6.12. The van der Waals surface area contributed by atoms with E-state index in [1.807, 2.05) is 0 Å². The lowest BCUT2D eigenvalue weighted by Gasteiger charge is -2.37. The normalized spacial score (nSPS) is 24.8. The fraction of sp³-hybridized carbons (Fsp3) is 0.625. The Labute approximate surface area is 113 Å². The molecule has 104 valence electrons. The third-order valence-electron chi connectivity index (χ3n) is 4.67. The summed E-state index contributed by atoms with van der Waals surface area (Å²) in [7, 11) is 0. The van der Waals surface area contributed by atoms with Gasteiger partial charge in [-0.3, -0.25) is 0 Å². The first-order valence-electron chi connectivity index (χ1n) is 7.27. The molecule has 1 aliphatic heterocycles. The number of hydrogen-bond donors (Lipinski definition) is 1. The molecule has 19 heavy (non-hydrogen) atoms. The summed E-state index contributed by atoms with van der Waals surface area (Å²) in [5.74, 6) is 0.618. The molecule has 1 fully saturated rings. The van der Waals surface area contributed by atoms with Gasteiger partial charge in [-0.15, -0.1) is 0 Å². The number of fused-ring (bicyclic) bond motifs is 1. The maximum absolute atomic E-state index is 13.2. The predicted molar refractivity (Wildman–Crippen MR) is 71.7 cm³/mol. The van der Waals surface area contributed by atoms with Crippen molar-refractivity contribution in [1.29, 1.82) is 0 Å². The van der Waals surface area contributed by atoms with E-state index in [1.54, 1.807) is 12.1 Å². The zero-order valence-electron chi connectivity index (χ0n) is 11.2. The molecule has 1 heterocycles. The lowest BCUT2D eigenvalue weighted by molar-refractivity contribution is 0.0371. The van der Waals surface area contributed by atoms with Crippen LogP contribution in [0.15, 0.2) is 18.2 Å². The van der Waals surface area contributed by atoms with Crippen LogP contribution in [0, 0.1) is 11.2 Å². The van der Waals surface area contributed by atoms with Crippen LogP contribution in [0.1, 0.15) is 44.1 Å². The zero-order chi connectivity index (χ0) is 13.3. The first-order chi connectivity index (χ1) is 9.21. The molecule has 1 saturated carbocycles. The van der Waals surface area contributed by atoms with Crippen LogP contribution in [-0.2, 0) is 6.42 Å². The maximum atomic E-state index is 13.2. The van der Waals surface area contributed by atoms with Gasteiger partial charge in [-0.05, 0) is 42.9 Å². The first-order valence-corrected chi connectivity index (χ1v) is 7.27. The minimum atomic E-state index is -0.197. The lowest BCUT2D eigenvalue weighted by atomic mass is 9.71. The number of benzene rings is 1.